The van der Waals surface area contributed by atoms with E-state index < -0.39 is 0 Å². The number of piperidine rings is 1. The molecule has 2 aliphatic heterocycles. The van der Waals surface area contributed by atoms with Crippen molar-refractivity contribution in [3.8, 4) is 0 Å². The lowest BCUT2D eigenvalue weighted by molar-refractivity contribution is -0.136. The number of amides is 3. The van der Waals surface area contributed by atoms with Gasteiger partial charge in [-0.05, 0) is 43.2 Å². The van der Waals surface area contributed by atoms with E-state index in [2.05, 4.69) is 10.2 Å². The molecule has 1 N–H and O–H groups in total. The van der Waals surface area contributed by atoms with Crippen LogP contribution in [-0.4, -0.2) is 47.9 Å². The molecule has 0 unspecified atom stereocenters. The van der Waals surface area contributed by atoms with Crippen LogP contribution in [0.1, 0.15) is 38.5 Å². The van der Waals surface area contributed by atoms with Gasteiger partial charge in [0.2, 0.25) is 5.91 Å². The van der Waals surface area contributed by atoms with Crippen molar-refractivity contribution in [1.29, 1.82) is 0 Å². The molecule has 0 aliphatic carbocycles. The van der Waals surface area contributed by atoms with E-state index in [-0.39, 0.29) is 11.9 Å². The summed E-state index contributed by atoms with van der Waals surface area (Å²) in [5.41, 5.74) is 0. The first kappa shape index (κ1) is 16.3. The highest BCUT2D eigenvalue weighted by Gasteiger charge is 2.30. The third kappa shape index (κ3) is 4.25. The number of hydrogen-bond donors (Lipinski definition) is 1. The van der Waals surface area contributed by atoms with Crippen LogP contribution in [0.5, 0.6) is 0 Å². The molecule has 126 valence electrons. The van der Waals surface area contributed by atoms with Crippen molar-refractivity contribution in [2.75, 3.05) is 31.5 Å². The summed E-state index contributed by atoms with van der Waals surface area (Å²) in [6.07, 6.45) is 6.32. The zero-order chi connectivity index (χ0) is 16.1. The molecule has 0 atom stereocenters. The predicted octanol–water partition coefficient (Wildman–Crippen LogP) is 3.39. The van der Waals surface area contributed by atoms with Crippen LogP contribution in [0, 0.1) is 5.92 Å². The second kappa shape index (κ2) is 7.81. The van der Waals surface area contributed by atoms with Crippen molar-refractivity contribution >= 4 is 28.3 Å². The lowest BCUT2D eigenvalue weighted by atomic mass is 9.95. The Morgan fingerprint density at radius 3 is 2.30 bits per heavy atom. The fourth-order valence-electron chi connectivity index (χ4n) is 3.41. The number of nitrogens with zero attached hydrogens (tertiary/aromatic N) is 2. The summed E-state index contributed by atoms with van der Waals surface area (Å²) in [6, 6.07) is 3.78. The van der Waals surface area contributed by atoms with Crippen LogP contribution in [0.15, 0.2) is 17.5 Å². The lowest BCUT2D eigenvalue weighted by Gasteiger charge is -2.33. The summed E-state index contributed by atoms with van der Waals surface area (Å²) in [5, 5.41) is 5.74. The van der Waals surface area contributed by atoms with Gasteiger partial charge >= 0.3 is 6.03 Å². The molecule has 3 rings (SSSR count). The molecule has 5 nitrogen and oxygen atoms in total. The molecule has 1 aromatic heterocycles. The second-order valence-electron chi connectivity index (χ2n) is 6.41. The summed E-state index contributed by atoms with van der Waals surface area (Å²) in [4.78, 5) is 28.7. The first-order valence-corrected chi connectivity index (χ1v) is 9.50. The maximum Gasteiger partial charge on any atom is 0.322 e. The zero-order valence-corrected chi connectivity index (χ0v) is 14.3. The normalized spacial score (nSPS) is 20.2. The number of thiophene rings is 1. The number of urea groups is 1. The van der Waals surface area contributed by atoms with Crippen molar-refractivity contribution < 1.29 is 9.59 Å². The Kier molecular flexibility index (Phi) is 5.54. The summed E-state index contributed by atoms with van der Waals surface area (Å²) in [5.74, 6) is 0.407. The maximum atomic E-state index is 12.6. The topological polar surface area (TPSA) is 52.7 Å². The SMILES string of the molecule is O=C(Nc1cccs1)N1CCC(C(=O)N2CCCCCC2)CC1. The van der Waals surface area contributed by atoms with E-state index in [1.807, 2.05) is 22.4 Å². The van der Waals surface area contributed by atoms with E-state index in [9.17, 15) is 9.59 Å². The van der Waals surface area contributed by atoms with Gasteiger partial charge in [0.1, 0.15) is 0 Å². The highest BCUT2D eigenvalue weighted by molar-refractivity contribution is 7.14. The minimum Gasteiger partial charge on any atom is -0.342 e. The molecule has 23 heavy (non-hydrogen) atoms. The number of hydrogen-bond acceptors (Lipinski definition) is 3. The largest absolute Gasteiger partial charge is 0.342 e. The third-order valence-electron chi connectivity index (χ3n) is 4.80. The van der Waals surface area contributed by atoms with E-state index in [0.29, 0.717) is 19.0 Å². The van der Waals surface area contributed by atoms with Gasteiger partial charge < -0.3 is 9.80 Å². The molecule has 1 aromatic rings. The van der Waals surface area contributed by atoms with E-state index >= 15 is 0 Å². The highest BCUT2D eigenvalue weighted by atomic mass is 32.1. The molecule has 0 spiro atoms. The van der Waals surface area contributed by atoms with Crippen LogP contribution >= 0.6 is 11.3 Å². The number of carbonyl (C=O) groups excluding carboxylic acids is 2. The van der Waals surface area contributed by atoms with Gasteiger partial charge in [0, 0.05) is 32.1 Å². The molecule has 2 aliphatic rings. The van der Waals surface area contributed by atoms with Gasteiger partial charge in [-0.15, -0.1) is 11.3 Å². The summed E-state index contributed by atoms with van der Waals surface area (Å²) in [7, 11) is 0. The van der Waals surface area contributed by atoms with Gasteiger partial charge in [0.15, 0.2) is 0 Å². The average Bonchev–Trinajstić information content (AvgIpc) is 2.94. The standard InChI is InChI=1S/C17H25N3O2S/c21-16(19-9-3-1-2-4-10-19)14-7-11-20(12-8-14)17(22)18-15-6-5-13-23-15/h5-6,13-14H,1-4,7-12H2,(H,18,22). The predicted molar refractivity (Wildman–Crippen MR) is 92.7 cm³/mol. The van der Waals surface area contributed by atoms with Crippen molar-refractivity contribution in [3.63, 3.8) is 0 Å². The first-order chi connectivity index (χ1) is 11.2. The molecule has 6 heteroatoms. The Bertz CT molecular complexity index is 516. The quantitative estimate of drug-likeness (QED) is 0.900. The Morgan fingerprint density at radius 1 is 1.00 bits per heavy atom. The number of carbonyl (C=O) groups is 2. The Morgan fingerprint density at radius 2 is 1.70 bits per heavy atom. The lowest BCUT2D eigenvalue weighted by Crippen LogP contribution is -2.45. The number of likely N-dealkylation sites (tertiary alicyclic amines) is 2. The average molecular weight is 335 g/mol. The molecule has 3 amide bonds. The van der Waals surface area contributed by atoms with Crippen LogP contribution in [0.4, 0.5) is 9.80 Å². The van der Waals surface area contributed by atoms with Crippen LogP contribution in [0.2, 0.25) is 0 Å². The van der Waals surface area contributed by atoms with Crippen LogP contribution < -0.4 is 5.32 Å². The summed E-state index contributed by atoms with van der Waals surface area (Å²) < 4.78 is 0. The van der Waals surface area contributed by atoms with Crippen molar-refractivity contribution in [1.82, 2.24) is 9.80 Å². The van der Waals surface area contributed by atoms with Gasteiger partial charge in [0.25, 0.3) is 0 Å². The molecule has 0 bridgehead atoms. The van der Waals surface area contributed by atoms with Gasteiger partial charge in [-0.2, -0.15) is 0 Å². The van der Waals surface area contributed by atoms with Gasteiger partial charge in [-0.1, -0.05) is 12.8 Å². The number of nitrogens with one attached hydrogen (secondary N) is 1. The van der Waals surface area contributed by atoms with Crippen LogP contribution in [-0.2, 0) is 4.79 Å². The Balaban J connectivity index is 1.47. The minimum absolute atomic E-state index is 0.0480. The van der Waals surface area contributed by atoms with Gasteiger partial charge in [-0.25, -0.2) is 4.79 Å². The highest BCUT2D eigenvalue weighted by Crippen LogP contribution is 2.23. The molecule has 0 aromatic carbocycles. The smallest absolute Gasteiger partial charge is 0.322 e. The third-order valence-corrected chi connectivity index (χ3v) is 5.59. The zero-order valence-electron chi connectivity index (χ0n) is 13.5. The second-order valence-corrected chi connectivity index (χ2v) is 7.36. The molecule has 0 saturated carbocycles. The van der Waals surface area contributed by atoms with Crippen LogP contribution in [0.25, 0.3) is 0 Å². The molecule has 2 saturated heterocycles. The Hall–Kier alpha value is -1.56. The van der Waals surface area contributed by atoms with E-state index in [4.69, 9.17) is 0 Å². The fourth-order valence-corrected chi connectivity index (χ4v) is 4.02. The number of rotatable bonds is 2. The van der Waals surface area contributed by atoms with Crippen molar-refractivity contribution in [3.05, 3.63) is 17.5 Å². The molecule has 0 radical (unpaired) electrons. The first-order valence-electron chi connectivity index (χ1n) is 8.62. The van der Waals surface area contributed by atoms with Crippen LogP contribution in [0.3, 0.4) is 0 Å². The number of anilines is 1. The van der Waals surface area contributed by atoms with E-state index in [0.717, 1.165) is 43.8 Å². The van der Waals surface area contributed by atoms with E-state index in [1.165, 1.54) is 24.2 Å². The Labute approximate surface area is 141 Å². The minimum atomic E-state index is -0.0480. The van der Waals surface area contributed by atoms with Crippen molar-refractivity contribution in [2.24, 2.45) is 5.92 Å². The van der Waals surface area contributed by atoms with E-state index in [1.54, 1.807) is 0 Å². The summed E-state index contributed by atoms with van der Waals surface area (Å²) in [6.45, 7) is 3.17. The fraction of sp³-hybridized carbons (Fsp3) is 0.647. The molecular weight excluding hydrogens is 310 g/mol. The summed E-state index contributed by atoms with van der Waals surface area (Å²) >= 11 is 1.52. The van der Waals surface area contributed by atoms with Gasteiger partial charge in [0.05, 0.1) is 5.00 Å². The maximum absolute atomic E-state index is 12.6. The van der Waals surface area contributed by atoms with Gasteiger partial charge in [-0.3, -0.25) is 10.1 Å². The molecule has 2 fully saturated rings. The van der Waals surface area contributed by atoms with Crippen molar-refractivity contribution in [2.45, 2.75) is 38.5 Å². The molecular formula is C17H25N3O2S. The molecule has 3 heterocycles. The monoisotopic (exact) mass is 335 g/mol.